The van der Waals surface area contributed by atoms with Crippen molar-refractivity contribution in [3.8, 4) is 5.75 Å². The second-order valence-corrected chi connectivity index (χ2v) is 5.61. The highest BCUT2D eigenvalue weighted by molar-refractivity contribution is 6.30. The van der Waals surface area contributed by atoms with E-state index >= 15 is 0 Å². The molecule has 1 aliphatic rings. The normalized spacial score (nSPS) is 15.9. The van der Waals surface area contributed by atoms with E-state index in [9.17, 15) is 9.50 Å². The molecule has 2 aromatic rings. The predicted molar refractivity (Wildman–Crippen MR) is 78.6 cm³/mol. The lowest BCUT2D eigenvalue weighted by Crippen LogP contribution is -2.12. The van der Waals surface area contributed by atoms with E-state index in [0.29, 0.717) is 16.6 Å². The molecule has 2 nitrogen and oxygen atoms in total. The van der Waals surface area contributed by atoms with E-state index in [0.717, 1.165) is 5.56 Å². The van der Waals surface area contributed by atoms with Gasteiger partial charge >= 0.3 is 0 Å². The van der Waals surface area contributed by atoms with Crippen LogP contribution in [0, 0.1) is 11.7 Å². The molecule has 1 fully saturated rings. The van der Waals surface area contributed by atoms with Crippen LogP contribution in [0.3, 0.4) is 0 Å². The first-order valence-electron chi connectivity index (χ1n) is 6.64. The second kappa shape index (κ2) is 5.33. The van der Waals surface area contributed by atoms with Crippen molar-refractivity contribution >= 4 is 17.3 Å². The van der Waals surface area contributed by atoms with Crippen LogP contribution < -0.4 is 5.32 Å². The highest BCUT2D eigenvalue weighted by Crippen LogP contribution is 2.43. The van der Waals surface area contributed by atoms with Crippen LogP contribution in [0.15, 0.2) is 42.5 Å². The number of phenolic OH excluding ortho intramolecular Hbond substituents is 1. The summed E-state index contributed by atoms with van der Waals surface area (Å²) in [6, 6.07) is 12.2. The number of aromatic hydroxyl groups is 1. The Kier molecular flexibility index (Phi) is 3.53. The van der Waals surface area contributed by atoms with Crippen LogP contribution in [0.2, 0.25) is 5.02 Å². The van der Waals surface area contributed by atoms with Crippen molar-refractivity contribution in [1.82, 2.24) is 0 Å². The van der Waals surface area contributed by atoms with Gasteiger partial charge in [-0.1, -0.05) is 23.7 Å². The number of benzene rings is 2. The Morgan fingerprint density at radius 1 is 1.15 bits per heavy atom. The summed E-state index contributed by atoms with van der Waals surface area (Å²) in [5, 5.41) is 13.3. The molecule has 1 unspecified atom stereocenters. The molecule has 20 heavy (non-hydrogen) atoms. The summed E-state index contributed by atoms with van der Waals surface area (Å²) in [6.07, 6.45) is 2.34. The third-order valence-electron chi connectivity index (χ3n) is 3.59. The van der Waals surface area contributed by atoms with Crippen LogP contribution in [0.25, 0.3) is 0 Å². The van der Waals surface area contributed by atoms with E-state index in [4.69, 9.17) is 11.6 Å². The van der Waals surface area contributed by atoms with E-state index in [1.165, 1.54) is 25.0 Å². The van der Waals surface area contributed by atoms with Gasteiger partial charge in [-0.3, -0.25) is 0 Å². The molecule has 1 aliphatic carbocycles. The number of hydrogen-bond donors (Lipinski definition) is 2. The molecule has 0 saturated heterocycles. The summed E-state index contributed by atoms with van der Waals surface area (Å²) in [4.78, 5) is 0. The lowest BCUT2D eigenvalue weighted by molar-refractivity contribution is 0.432. The molecule has 0 radical (unpaired) electrons. The maximum absolute atomic E-state index is 13.4. The van der Waals surface area contributed by atoms with Crippen LogP contribution in [-0.4, -0.2) is 5.11 Å². The zero-order valence-corrected chi connectivity index (χ0v) is 11.6. The van der Waals surface area contributed by atoms with Crippen molar-refractivity contribution in [2.75, 3.05) is 5.32 Å². The summed E-state index contributed by atoms with van der Waals surface area (Å²) >= 11 is 5.91. The summed E-state index contributed by atoms with van der Waals surface area (Å²) < 4.78 is 13.4. The van der Waals surface area contributed by atoms with Crippen LogP contribution in [0.1, 0.15) is 24.4 Å². The first-order chi connectivity index (χ1) is 9.63. The van der Waals surface area contributed by atoms with Crippen LogP contribution in [-0.2, 0) is 0 Å². The van der Waals surface area contributed by atoms with Gasteiger partial charge in [-0.15, -0.1) is 0 Å². The fourth-order valence-corrected chi connectivity index (χ4v) is 2.48. The molecule has 0 spiro atoms. The van der Waals surface area contributed by atoms with E-state index < -0.39 is 5.82 Å². The quantitative estimate of drug-likeness (QED) is 0.797. The van der Waals surface area contributed by atoms with Gasteiger partial charge in [0, 0.05) is 16.8 Å². The number of phenols is 1. The largest absolute Gasteiger partial charge is 0.505 e. The van der Waals surface area contributed by atoms with Gasteiger partial charge < -0.3 is 10.4 Å². The van der Waals surface area contributed by atoms with Gasteiger partial charge in [0.25, 0.3) is 0 Å². The Labute approximate surface area is 122 Å². The average Bonchev–Trinajstić information content (AvgIpc) is 3.26. The van der Waals surface area contributed by atoms with Crippen LogP contribution in [0.5, 0.6) is 5.75 Å². The molecule has 0 heterocycles. The number of anilines is 1. The number of nitrogens with one attached hydrogen (secondary N) is 1. The van der Waals surface area contributed by atoms with Crippen molar-refractivity contribution in [2.45, 2.75) is 18.9 Å². The smallest absolute Gasteiger partial charge is 0.166 e. The molecule has 0 aliphatic heterocycles. The molecule has 2 aromatic carbocycles. The molecule has 0 aromatic heterocycles. The van der Waals surface area contributed by atoms with Gasteiger partial charge in [-0.2, -0.15) is 0 Å². The molecular formula is C16H15ClFNO. The van der Waals surface area contributed by atoms with E-state index in [2.05, 4.69) is 5.32 Å². The average molecular weight is 292 g/mol. The maximum Gasteiger partial charge on any atom is 0.166 e. The van der Waals surface area contributed by atoms with Gasteiger partial charge in [-0.05, 0) is 48.6 Å². The van der Waals surface area contributed by atoms with E-state index in [-0.39, 0.29) is 11.8 Å². The van der Waals surface area contributed by atoms with Crippen molar-refractivity contribution in [3.63, 3.8) is 0 Å². The molecular weight excluding hydrogens is 277 g/mol. The van der Waals surface area contributed by atoms with Crippen molar-refractivity contribution in [2.24, 2.45) is 5.92 Å². The molecule has 0 amide bonds. The monoisotopic (exact) mass is 291 g/mol. The Bertz CT molecular complexity index is 610. The zero-order valence-electron chi connectivity index (χ0n) is 10.8. The Hall–Kier alpha value is -1.74. The molecule has 104 valence electrons. The summed E-state index contributed by atoms with van der Waals surface area (Å²) in [7, 11) is 0. The molecule has 1 atom stereocenters. The maximum atomic E-state index is 13.4. The number of hydrogen-bond acceptors (Lipinski definition) is 2. The minimum atomic E-state index is -0.611. The van der Waals surface area contributed by atoms with Gasteiger partial charge in [0.2, 0.25) is 0 Å². The van der Waals surface area contributed by atoms with E-state index in [1.54, 1.807) is 6.07 Å². The number of halogens is 2. The van der Waals surface area contributed by atoms with Crippen molar-refractivity contribution in [1.29, 1.82) is 0 Å². The third kappa shape index (κ3) is 2.88. The SMILES string of the molecule is Oc1ccc(NC(c2ccc(Cl)cc2)C2CC2)cc1F. The topological polar surface area (TPSA) is 32.3 Å². The minimum absolute atomic E-state index is 0.149. The Morgan fingerprint density at radius 3 is 2.45 bits per heavy atom. The minimum Gasteiger partial charge on any atom is -0.505 e. The van der Waals surface area contributed by atoms with Gasteiger partial charge in [-0.25, -0.2) is 4.39 Å². The molecule has 4 heteroatoms. The fourth-order valence-electron chi connectivity index (χ4n) is 2.35. The van der Waals surface area contributed by atoms with Crippen molar-refractivity contribution < 1.29 is 9.50 Å². The lowest BCUT2D eigenvalue weighted by Gasteiger charge is -2.20. The van der Waals surface area contributed by atoms with Gasteiger partial charge in [0.05, 0.1) is 6.04 Å². The highest BCUT2D eigenvalue weighted by Gasteiger charge is 2.32. The summed E-state index contributed by atoms with van der Waals surface area (Å²) in [5.41, 5.74) is 1.82. The van der Waals surface area contributed by atoms with Crippen molar-refractivity contribution in [3.05, 3.63) is 58.9 Å². The first-order valence-corrected chi connectivity index (χ1v) is 7.02. The molecule has 3 rings (SSSR count). The summed E-state index contributed by atoms with van der Waals surface area (Å²) in [6.45, 7) is 0. The Morgan fingerprint density at radius 2 is 1.85 bits per heavy atom. The first kappa shape index (κ1) is 13.3. The molecule has 1 saturated carbocycles. The standard InChI is InChI=1S/C16H15ClFNO/c17-12-5-3-11(4-6-12)16(10-1-2-10)19-13-7-8-15(20)14(18)9-13/h3-10,16,19-20H,1-2H2. The van der Waals surface area contributed by atoms with E-state index in [1.807, 2.05) is 24.3 Å². The highest BCUT2D eigenvalue weighted by atomic mass is 35.5. The van der Waals surface area contributed by atoms with Crippen LogP contribution >= 0.6 is 11.6 Å². The molecule has 2 N–H and O–H groups in total. The second-order valence-electron chi connectivity index (χ2n) is 5.18. The Balaban J connectivity index is 1.84. The lowest BCUT2D eigenvalue weighted by atomic mass is 10.0. The third-order valence-corrected chi connectivity index (χ3v) is 3.84. The fraction of sp³-hybridized carbons (Fsp3) is 0.250. The van der Waals surface area contributed by atoms with Gasteiger partial charge in [0.1, 0.15) is 0 Å². The zero-order chi connectivity index (χ0) is 14.1. The summed E-state index contributed by atoms with van der Waals surface area (Å²) in [5.74, 6) is -0.376. The van der Waals surface area contributed by atoms with Gasteiger partial charge in [0.15, 0.2) is 11.6 Å². The number of rotatable bonds is 4. The van der Waals surface area contributed by atoms with Crippen LogP contribution in [0.4, 0.5) is 10.1 Å². The predicted octanol–water partition coefficient (Wildman–Crippen LogP) is 4.75. The molecule has 0 bridgehead atoms.